The highest BCUT2D eigenvalue weighted by Gasteiger charge is 2.15. The van der Waals surface area contributed by atoms with Crippen molar-refractivity contribution >= 4 is 5.91 Å². The summed E-state index contributed by atoms with van der Waals surface area (Å²) >= 11 is 0. The molecule has 106 valence electrons. The van der Waals surface area contributed by atoms with E-state index in [1.165, 1.54) is 22.7 Å². The minimum absolute atomic E-state index is 0.0679. The maximum Gasteiger partial charge on any atom is 0.330 e. The number of hydrogen-bond acceptors (Lipinski definition) is 4. The Hall–Kier alpha value is -1.89. The largest absolute Gasteiger partial charge is 0.347 e. The third kappa shape index (κ3) is 3.31. The Morgan fingerprint density at radius 3 is 2.47 bits per heavy atom. The van der Waals surface area contributed by atoms with E-state index in [2.05, 4.69) is 5.32 Å². The highest BCUT2D eigenvalue weighted by molar-refractivity contribution is 5.80. The fourth-order valence-corrected chi connectivity index (χ4v) is 1.74. The van der Waals surface area contributed by atoms with Crippen LogP contribution in [0.3, 0.4) is 0 Å². The molecule has 0 saturated heterocycles. The first-order valence-corrected chi connectivity index (χ1v) is 5.95. The number of hydrogen-bond donors (Lipinski definition) is 1. The molecule has 0 fully saturated rings. The van der Waals surface area contributed by atoms with Crippen LogP contribution < -0.4 is 16.6 Å². The topological polar surface area (TPSA) is 76.3 Å². The molecule has 1 aromatic heterocycles. The van der Waals surface area contributed by atoms with Crippen LogP contribution in [0.1, 0.15) is 12.5 Å². The van der Waals surface area contributed by atoms with Gasteiger partial charge >= 0.3 is 5.69 Å². The molecule has 1 amide bonds. The van der Waals surface area contributed by atoms with Crippen LogP contribution in [0.25, 0.3) is 0 Å². The molecule has 1 N–H and O–H groups in total. The number of nitrogens with zero attached hydrogens (tertiary/aromatic N) is 3. The molecule has 7 heteroatoms. The van der Waals surface area contributed by atoms with Crippen LogP contribution in [-0.2, 0) is 25.4 Å². The molecular formula is C12H20N4O3. The molecule has 0 aliphatic heterocycles. The second-order valence-electron chi connectivity index (χ2n) is 4.75. The van der Waals surface area contributed by atoms with E-state index in [1.54, 1.807) is 28.1 Å². The van der Waals surface area contributed by atoms with E-state index in [9.17, 15) is 14.4 Å². The van der Waals surface area contributed by atoms with Gasteiger partial charge in [0.05, 0.1) is 6.04 Å². The lowest BCUT2D eigenvalue weighted by Crippen LogP contribution is -2.44. The maximum atomic E-state index is 11.9. The maximum absolute atomic E-state index is 11.9. The summed E-state index contributed by atoms with van der Waals surface area (Å²) in [5, 5.41) is 2.97. The molecule has 1 unspecified atom stereocenters. The second kappa shape index (κ2) is 5.83. The third-order valence-corrected chi connectivity index (χ3v) is 2.93. The quantitative estimate of drug-likeness (QED) is 0.732. The lowest BCUT2D eigenvalue weighted by atomic mass is 10.2. The van der Waals surface area contributed by atoms with E-state index in [1.807, 2.05) is 0 Å². The Bertz CT molecular complexity index is 586. The Balaban J connectivity index is 2.88. The van der Waals surface area contributed by atoms with Crippen molar-refractivity contribution in [3.05, 3.63) is 32.6 Å². The fraction of sp³-hybridized carbons (Fsp3) is 0.583. The van der Waals surface area contributed by atoms with E-state index < -0.39 is 6.04 Å². The van der Waals surface area contributed by atoms with Crippen LogP contribution in [0.2, 0.25) is 0 Å². The van der Waals surface area contributed by atoms with Crippen molar-refractivity contribution in [2.45, 2.75) is 19.5 Å². The number of likely N-dealkylation sites (N-methyl/N-ethyl adjacent to an activating group) is 1. The predicted octanol–water partition coefficient (Wildman–Crippen LogP) is -1.35. The van der Waals surface area contributed by atoms with Gasteiger partial charge in [-0.2, -0.15) is 0 Å². The smallest absolute Gasteiger partial charge is 0.330 e. The van der Waals surface area contributed by atoms with Crippen molar-refractivity contribution in [2.75, 3.05) is 14.1 Å². The Morgan fingerprint density at radius 1 is 1.37 bits per heavy atom. The molecule has 0 saturated carbocycles. The van der Waals surface area contributed by atoms with Gasteiger partial charge in [0.25, 0.3) is 5.56 Å². The number of carbonyl (C=O) groups is 1. The molecule has 0 radical (unpaired) electrons. The highest BCUT2D eigenvalue weighted by atomic mass is 16.2. The Labute approximate surface area is 111 Å². The van der Waals surface area contributed by atoms with Gasteiger partial charge in [-0.3, -0.25) is 14.2 Å². The average Bonchev–Trinajstić information content (AvgIpc) is 2.37. The number of amides is 1. The molecule has 0 spiro atoms. The van der Waals surface area contributed by atoms with Gasteiger partial charge < -0.3 is 14.8 Å². The van der Waals surface area contributed by atoms with Crippen molar-refractivity contribution < 1.29 is 4.79 Å². The van der Waals surface area contributed by atoms with Gasteiger partial charge in [0.1, 0.15) is 0 Å². The standard InChI is InChI=1S/C12H20N4O3/c1-8(10(17)14(2)3)13-6-9-7-15(4)12(19)16(5)11(9)18/h7-8,13H,6H2,1-5H3. The molecule has 7 nitrogen and oxygen atoms in total. The number of carbonyl (C=O) groups excluding carboxylic acids is 1. The number of nitrogens with one attached hydrogen (secondary N) is 1. The predicted molar refractivity (Wildman–Crippen MR) is 71.9 cm³/mol. The molecule has 0 aliphatic rings. The van der Waals surface area contributed by atoms with E-state index in [4.69, 9.17) is 0 Å². The SMILES string of the molecule is CC(NCc1cn(C)c(=O)n(C)c1=O)C(=O)N(C)C. The first-order valence-electron chi connectivity index (χ1n) is 5.95. The van der Waals surface area contributed by atoms with Crippen LogP contribution in [0.5, 0.6) is 0 Å². The summed E-state index contributed by atoms with van der Waals surface area (Å²) in [6, 6.07) is -0.392. The van der Waals surface area contributed by atoms with Gasteiger partial charge in [0.15, 0.2) is 0 Å². The van der Waals surface area contributed by atoms with Gasteiger partial charge in [0, 0.05) is 46.5 Å². The van der Waals surface area contributed by atoms with Gasteiger partial charge in [-0.05, 0) is 6.92 Å². The number of aryl methyl sites for hydroxylation is 1. The summed E-state index contributed by atoms with van der Waals surface area (Å²) in [5.74, 6) is -0.0679. The zero-order valence-corrected chi connectivity index (χ0v) is 11.9. The molecule has 0 bridgehead atoms. The third-order valence-electron chi connectivity index (χ3n) is 2.93. The second-order valence-corrected chi connectivity index (χ2v) is 4.75. The first kappa shape index (κ1) is 15.2. The van der Waals surface area contributed by atoms with Gasteiger partial charge in [0.2, 0.25) is 5.91 Å². The summed E-state index contributed by atoms with van der Waals surface area (Å²) in [5.41, 5.74) is -0.269. The van der Waals surface area contributed by atoms with Crippen LogP contribution >= 0.6 is 0 Å². The van der Waals surface area contributed by atoms with Crippen LogP contribution in [0.15, 0.2) is 15.8 Å². The zero-order valence-electron chi connectivity index (χ0n) is 11.9. The molecular weight excluding hydrogens is 248 g/mol. The van der Waals surface area contributed by atoms with E-state index in [0.29, 0.717) is 5.56 Å². The minimum atomic E-state index is -0.392. The zero-order chi connectivity index (χ0) is 14.7. The molecule has 0 aliphatic carbocycles. The molecule has 0 aromatic carbocycles. The summed E-state index contributed by atoms with van der Waals surface area (Å²) in [4.78, 5) is 36.5. The normalized spacial score (nSPS) is 12.3. The Kier molecular flexibility index (Phi) is 4.66. The lowest BCUT2D eigenvalue weighted by molar-refractivity contribution is -0.130. The molecule has 19 heavy (non-hydrogen) atoms. The summed E-state index contributed by atoms with van der Waals surface area (Å²) in [7, 11) is 6.36. The van der Waals surface area contributed by atoms with Gasteiger partial charge in [-0.25, -0.2) is 4.79 Å². The van der Waals surface area contributed by atoms with E-state index in [0.717, 1.165) is 4.57 Å². The summed E-state index contributed by atoms with van der Waals surface area (Å²) in [6.07, 6.45) is 1.49. The molecule has 1 heterocycles. The van der Waals surface area contributed by atoms with Crippen molar-refractivity contribution in [1.29, 1.82) is 0 Å². The number of aromatic nitrogens is 2. The van der Waals surface area contributed by atoms with Gasteiger partial charge in [-0.1, -0.05) is 0 Å². The molecule has 1 aromatic rings. The van der Waals surface area contributed by atoms with Crippen molar-refractivity contribution in [2.24, 2.45) is 14.1 Å². The lowest BCUT2D eigenvalue weighted by Gasteiger charge is -2.18. The van der Waals surface area contributed by atoms with Crippen LogP contribution in [0.4, 0.5) is 0 Å². The summed E-state index contributed by atoms with van der Waals surface area (Å²) < 4.78 is 2.40. The Morgan fingerprint density at radius 2 is 1.95 bits per heavy atom. The highest BCUT2D eigenvalue weighted by Crippen LogP contribution is 1.93. The molecule has 1 atom stereocenters. The van der Waals surface area contributed by atoms with Crippen molar-refractivity contribution in [3.8, 4) is 0 Å². The van der Waals surface area contributed by atoms with Crippen LogP contribution in [0, 0.1) is 0 Å². The van der Waals surface area contributed by atoms with Crippen LogP contribution in [-0.4, -0.2) is 40.1 Å². The monoisotopic (exact) mass is 268 g/mol. The van der Waals surface area contributed by atoms with Crippen molar-refractivity contribution in [3.63, 3.8) is 0 Å². The fourth-order valence-electron chi connectivity index (χ4n) is 1.74. The van der Waals surface area contributed by atoms with E-state index in [-0.39, 0.29) is 23.7 Å². The minimum Gasteiger partial charge on any atom is -0.347 e. The number of rotatable bonds is 4. The molecule has 1 rings (SSSR count). The van der Waals surface area contributed by atoms with E-state index >= 15 is 0 Å². The first-order chi connectivity index (χ1) is 8.75. The van der Waals surface area contributed by atoms with Crippen molar-refractivity contribution in [1.82, 2.24) is 19.4 Å². The summed E-state index contributed by atoms with van der Waals surface area (Å²) in [6.45, 7) is 1.97. The van der Waals surface area contributed by atoms with Gasteiger partial charge in [-0.15, -0.1) is 0 Å². The average molecular weight is 268 g/mol.